The molecule has 3 aromatic carbocycles. The number of aromatic carboxylic acids is 1. The molecule has 3 N–H and O–H groups in total. The second kappa shape index (κ2) is 9.79. The van der Waals surface area contributed by atoms with E-state index < -0.39 is 18.0 Å². The zero-order chi connectivity index (χ0) is 24.2. The number of anilines is 1. The van der Waals surface area contributed by atoms with Crippen LogP contribution < -0.4 is 10.6 Å². The highest BCUT2D eigenvalue weighted by Crippen LogP contribution is 2.44. The molecule has 4 rings (SSSR count). The first-order valence-electron chi connectivity index (χ1n) is 11.1. The lowest BCUT2D eigenvalue weighted by Gasteiger charge is -2.17. The second-order valence-electron chi connectivity index (χ2n) is 8.43. The molecule has 1 aliphatic rings. The molecule has 7 heteroatoms. The van der Waals surface area contributed by atoms with Crippen molar-refractivity contribution in [1.82, 2.24) is 5.32 Å². The summed E-state index contributed by atoms with van der Waals surface area (Å²) in [7, 11) is 0. The van der Waals surface area contributed by atoms with E-state index in [1.54, 1.807) is 19.9 Å². The monoisotopic (exact) mass is 458 g/mol. The van der Waals surface area contributed by atoms with Crippen molar-refractivity contribution in [2.75, 3.05) is 18.5 Å². The SMILES string of the molecule is Cc1ccc(C(=O)O)cc1NC(=O)C(C)CNC(=O)OCC1c2ccccc2-c2ccccc21. The lowest BCUT2D eigenvalue weighted by atomic mass is 9.98. The first-order valence-corrected chi connectivity index (χ1v) is 11.1. The van der Waals surface area contributed by atoms with Crippen LogP contribution in [0.25, 0.3) is 11.1 Å². The van der Waals surface area contributed by atoms with Gasteiger partial charge in [-0.2, -0.15) is 0 Å². The topological polar surface area (TPSA) is 105 Å². The molecular weight excluding hydrogens is 432 g/mol. The highest BCUT2D eigenvalue weighted by molar-refractivity contribution is 5.96. The van der Waals surface area contributed by atoms with Crippen LogP contribution in [0.1, 0.15) is 39.9 Å². The fourth-order valence-electron chi connectivity index (χ4n) is 4.12. The van der Waals surface area contributed by atoms with Crippen molar-refractivity contribution in [2.24, 2.45) is 5.92 Å². The van der Waals surface area contributed by atoms with Gasteiger partial charge in [0.25, 0.3) is 0 Å². The molecule has 0 radical (unpaired) electrons. The number of fused-ring (bicyclic) bond motifs is 3. The van der Waals surface area contributed by atoms with E-state index in [0.717, 1.165) is 27.8 Å². The predicted molar refractivity (Wildman–Crippen MR) is 129 cm³/mol. The summed E-state index contributed by atoms with van der Waals surface area (Å²) in [5.41, 5.74) is 5.82. The van der Waals surface area contributed by atoms with Crippen molar-refractivity contribution < 1.29 is 24.2 Å². The maximum absolute atomic E-state index is 12.5. The fourth-order valence-corrected chi connectivity index (χ4v) is 4.12. The number of ether oxygens (including phenoxy) is 1. The van der Waals surface area contributed by atoms with Gasteiger partial charge in [0.15, 0.2) is 0 Å². The summed E-state index contributed by atoms with van der Waals surface area (Å²) in [6.07, 6.45) is -0.592. The molecule has 3 aromatic rings. The third kappa shape index (κ3) is 4.78. The normalized spacial score (nSPS) is 12.9. The molecule has 2 amide bonds. The van der Waals surface area contributed by atoms with E-state index in [2.05, 4.69) is 34.9 Å². The van der Waals surface area contributed by atoms with Crippen molar-refractivity contribution in [3.8, 4) is 11.1 Å². The Balaban J connectivity index is 1.31. The lowest BCUT2D eigenvalue weighted by molar-refractivity contribution is -0.119. The highest BCUT2D eigenvalue weighted by atomic mass is 16.5. The number of hydrogen-bond acceptors (Lipinski definition) is 4. The van der Waals surface area contributed by atoms with Gasteiger partial charge in [-0.05, 0) is 46.9 Å². The summed E-state index contributed by atoms with van der Waals surface area (Å²) in [5.74, 6) is -1.98. The van der Waals surface area contributed by atoms with Gasteiger partial charge in [0.05, 0.1) is 11.5 Å². The average Bonchev–Trinajstić information content (AvgIpc) is 3.16. The number of carboxylic acid groups (broad SMARTS) is 1. The van der Waals surface area contributed by atoms with Gasteiger partial charge in [-0.3, -0.25) is 4.79 Å². The van der Waals surface area contributed by atoms with Crippen molar-refractivity contribution in [3.63, 3.8) is 0 Å². The molecule has 0 spiro atoms. The van der Waals surface area contributed by atoms with Gasteiger partial charge >= 0.3 is 12.1 Å². The minimum absolute atomic E-state index is 0.0386. The average molecular weight is 459 g/mol. The Bertz CT molecular complexity index is 1210. The van der Waals surface area contributed by atoms with Gasteiger partial charge in [0.1, 0.15) is 6.61 Å². The Morgan fingerprint density at radius 3 is 2.21 bits per heavy atom. The van der Waals surface area contributed by atoms with E-state index in [1.807, 2.05) is 24.3 Å². The Morgan fingerprint density at radius 1 is 0.971 bits per heavy atom. The van der Waals surface area contributed by atoms with Gasteiger partial charge in [0.2, 0.25) is 5.91 Å². The molecule has 0 saturated heterocycles. The number of carbonyl (C=O) groups excluding carboxylic acids is 2. The number of carbonyl (C=O) groups is 3. The molecule has 0 aromatic heterocycles. The van der Waals surface area contributed by atoms with Crippen LogP contribution in [-0.4, -0.2) is 36.2 Å². The van der Waals surface area contributed by atoms with Gasteiger partial charge in [-0.1, -0.05) is 61.5 Å². The summed E-state index contributed by atoms with van der Waals surface area (Å²) < 4.78 is 5.50. The maximum atomic E-state index is 12.5. The van der Waals surface area contributed by atoms with E-state index in [1.165, 1.54) is 12.1 Å². The Kier molecular flexibility index (Phi) is 6.63. The fraction of sp³-hybridized carbons (Fsp3) is 0.222. The van der Waals surface area contributed by atoms with Crippen LogP contribution in [0.5, 0.6) is 0 Å². The summed E-state index contributed by atoms with van der Waals surface area (Å²) in [6.45, 7) is 3.73. The zero-order valence-corrected chi connectivity index (χ0v) is 19.0. The van der Waals surface area contributed by atoms with Crippen LogP contribution in [0.15, 0.2) is 66.7 Å². The number of hydrogen-bond donors (Lipinski definition) is 3. The molecule has 0 saturated carbocycles. The Morgan fingerprint density at radius 2 is 1.59 bits per heavy atom. The van der Waals surface area contributed by atoms with Crippen LogP contribution in [0, 0.1) is 12.8 Å². The van der Waals surface area contributed by atoms with E-state index >= 15 is 0 Å². The van der Waals surface area contributed by atoms with Crippen LogP contribution in [0.2, 0.25) is 0 Å². The minimum atomic E-state index is -1.07. The largest absolute Gasteiger partial charge is 0.478 e. The smallest absolute Gasteiger partial charge is 0.407 e. The van der Waals surface area contributed by atoms with Crippen molar-refractivity contribution >= 4 is 23.7 Å². The number of rotatable bonds is 7. The number of carboxylic acids is 1. The van der Waals surface area contributed by atoms with Crippen LogP contribution >= 0.6 is 0 Å². The van der Waals surface area contributed by atoms with Crippen LogP contribution in [-0.2, 0) is 9.53 Å². The molecule has 0 aliphatic heterocycles. The molecule has 174 valence electrons. The quantitative estimate of drug-likeness (QED) is 0.471. The van der Waals surface area contributed by atoms with Gasteiger partial charge in [-0.25, -0.2) is 9.59 Å². The third-order valence-electron chi connectivity index (χ3n) is 6.09. The van der Waals surface area contributed by atoms with Crippen molar-refractivity contribution in [3.05, 3.63) is 89.0 Å². The number of aryl methyl sites for hydroxylation is 1. The molecule has 0 fully saturated rings. The zero-order valence-electron chi connectivity index (χ0n) is 19.0. The predicted octanol–water partition coefficient (Wildman–Crippen LogP) is 4.81. The lowest BCUT2D eigenvalue weighted by Crippen LogP contribution is -2.35. The Hall–Kier alpha value is -4.13. The van der Waals surface area contributed by atoms with Gasteiger partial charge in [-0.15, -0.1) is 0 Å². The minimum Gasteiger partial charge on any atom is -0.478 e. The first-order chi connectivity index (χ1) is 16.3. The number of amides is 2. The number of nitrogens with one attached hydrogen (secondary N) is 2. The molecule has 0 bridgehead atoms. The molecule has 7 nitrogen and oxygen atoms in total. The maximum Gasteiger partial charge on any atom is 0.407 e. The van der Waals surface area contributed by atoms with Gasteiger partial charge < -0.3 is 20.5 Å². The summed E-state index contributed by atoms with van der Waals surface area (Å²) in [6, 6.07) is 20.7. The summed E-state index contributed by atoms with van der Waals surface area (Å²) >= 11 is 0. The van der Waals surface area contributed by atoms with Crippen LogP contribution in [0.4, 0.5) is 10.5 Å². The van der Waals surface area contributed by atoms with Crippen molar-refractivity contribution in [1.29, 1.82) is 0 Å². The first kappa shape index (κ1) is 23.0. The summed E-state index contributed by atoms with van der Waals surface area (Å²) in [5, 5.41) is 14.5. The standard InChI is InChI=1S/C27H26N2O5/c1-16-11-12-18(26(31)32)13-24(16)29-25(30)17(2)14-28-27(33)34-15-23-21-9-5-3-7-19(21)20-8-4-6-10-22(20)23/h3-13,17,23H,14-15H2,1-2H3,(H,28,33)(H,29,30)(H,31,32). The van der Waals surface area contributed by atoms with E-state index in [9.17, 15) is 14.4 Å². The number of alkyl carbamates (subject to hydrolysis) is 1. The third-order valence-corrected chi connectivity index (χ3v) is 6.09. The molecule has 1 unspecified atom stereocenters. The molecule has 1 atom stereocenters. The van der Waals surface area contributed by atoms with E-state index in [0.29, 0.717) is 5.69 Å². The van der Waals surface area contributed by atoms with Gasteiger partial charge in [0, 0.05) is 18.2 Å². The van der Waals surface area contributed by atoms with Crippen molar-refractivity contribution in [2.45, 2.75) is 19.8 Å². The summed E-state index contributed by atoms with van der Waals surface area (Å²) in [4.78, 5) is 36.1. The molecular formula is C27H26N2O5. The second-order valence-corrected chi connectivity index (χ2v) is 8.43. The highest BCUT2D eigenvalue weighted by Gasteiger charge is 2.29. The molecule has 1 aliphatic carbocycles. The number of benzene rings is 3. The van der Waals surface area contributed by atoms with E-state index in [4.69, 9.17) is 9.84 Å². The Labute approximate surface area is 197 Å². The molecule has 34 heavy (non-hydrogen) atoms. The van der Waals surface area contributed by atoms with E-state index in [-0.39, 0.29) is 30.5 Å². The van der Waals surface area contributed by atoms with Crippen LogP contribution in [0.3, 0.4) is 0 Å². The molecule has 0 heterocycles.